The second kappa shape index (κ2) is 6.51. The molecule has 0 N–H and O–H groups in total. The van der Waals surface area contributed by atoms with Crippen LogP contribution in [0.4, 0.5) is 5.69 Å². The Bertz CT molecular complexity index is 795. The molecule has 0 spiro atoms. The van der Waals surface area contributed by atoms with Gasteiger partial charge in [0, 0.05) is 44.6 Å². The maximum Gasteiger partial charge on any atom is 0.263 e. The van der Waals surface area contributed by atoms with Crippen LogP contribution in [-0.2, 0) is 7.05 Å². The SMILES string of the molecule is Cc1ccc(N2CCN(C(=O)c3cccn(C)c3=O)[C@@H](C)C2)cc1. The van der Waals surface area contributed by atoms with Crippen LogP contribution in [0.5, 0.6) is 0 Å². The van der Waals surface area contributed by atoms with E-state index < -0.39 is 0 Å². The van der Waals surface area contributed by atoms with Crippen molar-refractivity contribution in [3.05, 3.63) is 64.1 Å². The normalized spacial score (nSPS) is 17.9. The molecule has 1 aromatic carbocycles. The van der Waals surface area contributed by atoms with Crippen LogP contribution in [0.15, 0.2) is 47.4 Å². The summed E-state index contributed by atoms with van der Waals surface area (Å²) in [5, 5.41) is 0. The lowest BCUT2D eigenvalue weighted by Gasteiger charge is -2.41. The van der Waals surface area contributed by atoms with E-state index in [-0.39, 0.29) is 23.1 Å². The highest BCUT2D eigenvalue weighted by atomic mass is 16.2. The van der Waals surface area contributed by atoms with Crippen molar-refractivity contribution in [2.24, 2.45) is 7.05 Å². The fourth-order valence-corrected chi connectivity index (χ4v) is 3.16. The maximum atomic E-state index is 12.8. The summed E-state index contributed by atoms with van der Waals surface area (Å²) >= 11 is 0. The Morgan fingerprint density at radius 3 is 2.50 bits per heavy atom. The van der Waals surface area contributed by atoms with Crippen LogP contribution >= 0.6 is 0 Å². The highest BCUT2D eigenvalue weighted by Crippen LogP contribution is 2.20. The quantitative estimate of drug-likeness (QED) is 0.849. The first-order valence-electron chi connectivity index (χ1n) is 8.25. The minimum atomic E-state index is -0.240. The van der Waals surface area contributed by atoms with E-state index in [4.69, 9.17) is 0 Å². The van der Waals surface area contributed by atoms with Crippen LogP contribution in [-0.4, -0.2) is 41.1 Å². The summed E-state index contributed by atoms with van der Waals surface area (Å²) in [6.45, 7) is 6.26. The smallest absolute Gasteiger partial charge is 0.263 e. The molecule has 1 atom stereocenters. The van der Waals surface area contributed by atoms with Gasteiger partial charge in [-0.25, -0.2) is 0 Å². The number of anilines is 1. The number of hydrogen-bond acceptors (Lipinski definition) is 3. The second-order valence-corrected chi connectivity index (χ2v) is 6.47. The Morgan fingerprint density at radius 1 is 1.12 bits per heavy atom. The number of carbonyl (C=O) groups is 1. The number of piperazine rings is 1. The third-order valence-electron chi connectivity index (χ3n) is 4.64. The highest BCUT2D eigenvalue weighted by Gasteiger charge is 2.29. The van der Waals surface area contributed by atoms with E-state index >= 15 is 0 Å². The van der Waals surface area contributed by atoms with E-state index in [2.05, 4.69) is 36.1 Å². The van der Waals surface area contributed by atoms with Gasteiger partial charge in [0.2, 0.25) is 0 Å². The van der Waals surface area contributed by atoms with Gasteiger partial charge in [-0.3, -0.25) is 9.59 Å². The van der Waals surface area contributed by atoms with Gasteiger partial charge in [-0.1, -0.05) is 17.7 Å². The monoisotopic (exact) mass is 325 g/mol. The Balaban J connectivity index is 1.76. The average molecular weight is 325 g/mol. The Morgan fingerprint density at radius 2 is 1.83 bits per heavy atom. The molecule has 1 saturated heterocycles. The van der Waals surface area contributed by atoms with Crippen molar-refractivity contribution >= 4 is 11.6 Å². The van der Waals surface area contributed by atoms with Crippen LogP contribution in [0.2, 0.25) is 0 Å². The number of aromatic nitrogens is 1. The van der Waals surface area contributed by atoms with E-state index in [1.54, 1.807) is 30.3 Å². The molecule has 126 valence electrons. The zero-order valence-corrected chi connectivity index (χ0v) is 14.4. The molecule has 0 bridgehead atoms. The number of amides is 1. The Labute approximate surface area is 142 Å². The molecule has 1 fully saturated rings. The number of carbonyl (C=O) groups excluding carboxylic acids is 1. The molecule has 0 aliphatic carbocycles. The first kappa shape index (κ1) is 16.3. The molecular formula is C19H23N3O2. The average Bonchev–Trinajstić information content (AvgIpc) is 2.57. The molecule has 1 aromatic heterocycles. The summed E-state index contributed by atoms with van der Waals surface area (Å²) in [6.07, 6.45) is 1.66. The van der Waals surface area contributed by atoms with Gasteiger partial charge >= 0.3 is 0 Å². The Hall–Kier alpha value is -2.56. The number of benzene rings is 1. The van der Waals surface area contributed by atoms with E-state index in [0.717, 1.165) is 13.1 Å². The summed E-state index contributed by atoms with van der Waals surface area (Å²) in [4.78, 5) is 29.0. The van der Waals surface area contributed by atoms with Gasteiger partial charge in [0.05, 0.1) is 0 Å². The van der Waals surface area contributed by atoms with Crippen LogP contribution < -0.4 is 10.5 Å². The Kier molecular flexibility index (Phi) is 4.42. The van der Waals surface area contributed by atoms with E-state index in [0.29, 0.717) is 6.54 Å². The standard InChI is InChI=1S/C19H23N3O2/c1-14-6-8-16(9-7-14)21-11-12-22(15(2)13-21)19(24)17-5-4-10-20(3)18(17)23/h4-10,15H,11-13H2,1-3H3/t15-/m0/s1. The predicted octanol–water partition coefficient (Wildman–Crippen LogP) is 2.04. The first-order chi connectivity index (χ1) is 11.5. The zero-order valence-electron chi connectivity index (χ0n) is 14.4. The maximum absolute atomic E-state index is 12.8. The van der Waals surface area contributed by atoms with Crippen molar-refractivity contribution in [1.29, 1.82) is 0 Å². The third kappa shape index (κ3) is 3.07. The van der Waals surface area contributed by atoms with Crippen LogP contribution in [0.25, 0.3) is 0 Å². The van der Waals surface area contributed by atoms with Gasteiger partial charge in [0.1, 0.15) is 5.56 Å². The molecule has 0 radical (unpaired) electrons. The first-order valence-corrected chi connectivity index (χ1v) is 8.25. The third-order valence-corrected chi connectivity index (χ3v) is 4.64. The molecule has 3 rings (SSSR count). The molecule has 2 aromatic rings. The lowest BCUT2D eigenvalue weighted by atomic mass is 10.1. The lowest BCUT2D eigenvalue weighted by molar-refractivity contribution is 0.0671. The second-order valence-electron chi connectivity index (χ2n) is 6.47. The van der Waals surface area contributed by atoms with E-state index in [1.807, 2.05) is 6.92 Å². The number of nitrogens with zero attached hydrogens (tertiary/aromatic N) is 3. The van der Waals surface area contributed by atoms with Crippen LogP contribution in [0.1, 0.15) is 22.8 Å². The molecule has 0 saturated carbocycles. The molecule has 1 amide bonds. The van der Waals surface area contributed by atoms with Gasteiger partial charge in [0.15, 0.2) is 0 Å². The highest BCUT2D eigenvalue weighted by molar-refractivity contribution is 5.94. The fourth-order valence-electron chi connectivity index (χ4n) is 3.16. The molecule has 2 heterocycles. The largest absolute Gasteiger partial charge is 0.368 e. The molecule has 1 aliphatic rings. The van der Waals surface area contributed by atoms with Crippen molar-refractivity contribution in [1.82, 2.24) is 9.47 Å². The van der Waals surface area contributed by atoms with Gasteiger partial charge in [-0.15, -0.1) is 0 Å². The van der Waals surface area contributed by atoms with Crippen LogP contribution in [0, 0.1) is 6.92 Å². The van der Waals surface area contributed by atoms with E-state index in [9.17, 15) is 9.59 Å². The van der Waals surface area contributed by atoms with Gasteiger partial charge in [-0.2, -0.15) is 0 Å². The lowest BCUT2D eigenvalue weighted by Crippen LogP contribution is -2.54. The summed E-state index contributed by atoms with van der Waals surface area (Å²) in [6, 6.07) is 11.8. The summed E-state index contributed by atoms with van der Waals surface area (Å²) in [5.74, 6) is -0.174. The zero-order chi connectivity index (χ0) is 17.3. The summed E-state index contributed by atoms with van der Waals surface area (Å²) < 4.78 is 1.44. The number of hydrogen-bond donors (Lipinski definition) is 0. The van der Waals surface area contributed by atoms with Gasteiger partial charge in [-0.05, 0) is 38.1 Å². The summed E-state index contributed by atoms with van der Waals surface area (Å²) in [7, 11) is 1.66. The molecular weight excluding hydrogens is 302 g/mol. The number of aryl methyl sites for hydroxylation is 2. The van der Waals surface area contributed by atoms with Crippen molar-refractivity contribution in [3.63, 3.8) is 0 Å². The van der Waals surface area contributed by atoms with Gasteiger partial charge < -0.3 is 14.4 Å². The summed E-state index contributed by atoms with van der Waals surface area (Å²) in [5.41, 5.74) is 2.42. The van der Waals surface area contributed by atoms with Gasteiger partial charge in [0.25, 0.3) is 11.5 Å². The molecule has 24 heavy (non-hydrogen) atoms. The predicted molar refractivity (Wildman–Crippen MR) is 95.6 cm³/mol. The molecule has 5 heteroatoms. The topological polar surface area (TPSA) is 45.5 Å². The van der Waals surface area contributed by atoms with Crippen LogP contribution in [0.3, 0.4) is 0 Å². The minimum Gasteiger partial charge on any atom is -0.368 e. The van der Waals surface area contributed by atoms with E-state index in [1.165, 1.54) is 15.8 Å². The molecule has 1 aliphatic heterocycles. The molecule has 0 unspecified atom stereocenters. The number of pyridine rings is 1. The van der Waals surface area contributed by atoms with Crippen molar-refractivity contribution in [2.45, 2.75) is 19.9 Å². The van der Waals surface area contributed by atoms with Crippen molar-refractivity contribution in [2.75, 3.05) is 24.5 Å². The van der Waals surface area contributed by atoms with Crippen molar-refractivity contribution in [3.8, 4) is 0 Å². The molecule has 5 nitrogen and oxygen atoms in total. The fraction of sp³-hybridized carbons (Fsp3) is 0.368. The number of rotatable bonds is 2. The minimum absolute atomic E-state index is 0.0532. The van der Waals surface area contributed by atoms with Crippen molar-refractivity contribution < 1.29 is 4.79 Å².